The van der Waals surface area contributed by atoms with Gasteiger partial charge >= 0.3 is 0 Å². The highest BCUT2D eigenvalue weighted by atomic mass is 15.5. The molecule has 0 aromatic rings. The molecule has 1 rings (SSSR count). The van der Waals surface area contributed by atoms with Crippen molar-refractivity contribution in [2.75, 3.05) is 32.7 Å². The van der Waals surface area contributed by atoms with Crippen molar-refractivity contribution in [1.82, 2.24) is 15.3 Å². The zero-order valence-electron chi connectivity index (χ0n) is 10.1. The largest absolute Gasteiger partial charge is 0.301 e. The van der Waals surface area contributed by atoms with Crippen molar-refractivity contribution in [2.45, 2.75) is 39.7 Å². The Morgan fingerprint density at radius 1 is 1.07 bits per heavy atom. The Morgan fingerprint density at radius 3 is 2.07 bits per heavy atom. The van der Waals surface area contributed by atoms with Crippen LogP contribution in [-0.2, 0) is 0 Å². The van der Waals surface area contributed by atoms with Crippen molar-refractivity contribution in [2.24, 2.45) is 0 Å². The maximum absolute atomic E-state index is 3.53. The molecule has 0 aromatic carbocycles. The highest BCUT2D eigenvalue weighted by Crippen LogP contribution is 2.05. The minimum absolute atomic E-state index is 0.201. The topological polar surface area (TPSA) is 18.5 Å². The lowest BCUT2D eigenvalue weighted by Gasteiger charge is -2.38. The van der Waals surface area contributed by atoms with Crippen LogP contribution in [0.25, 0.3) is 0 Å². The molecule has 3 heteroatoms. The van der Waals surface area contributed by atoms with Crippen molar-refractivity contribution in [1.29, 1.82) is 0 Å². The first-order valence-electron chi connectivity index (χ1n) is 5.76. The van der Waals surface area contributed by atoms with Crippen LogP contribution in [0.2, 0.25) is 0 Å². The minimum Gasteiger partial charge on any atom is -0.301 e. The first-order valence-corrected chi connectivity index (χ1v) is 5.76. The van der Waals surface area contributed by atoms with Gasteiger partial charge in [0.1, 0.15) is 0 Å². The summed E-state index contributed by atoms with van der Waals surface area (Å²) in [6, 6.07) is 0. The number of hydrogen-bond donors (Lipinski definition) is 1. The van der Waals surface area contributed by atoms with Crippen LogP contribution in [0, 0.1) is 0 Å². The molecule has 0 spiro atoms. The summed E-state index contributed by atoms with van der Waals surface area (Å²) in [5.74, 6) is 0. The lowest BCUT2D eigenvalue weighted by molar-refractivity contribution is 0.0591. The smallest absolute Gasteiger partial charge is 0.0259 e. The van der Waals surface area contributed by atoms with Gasteiger partial charge in [0, 0.05) is 31.7 Å². The summed E-state index contributed by atoms with van der Waals surface area (Å²) in [6.07, 6.45) is 1.27. The predicted molar refractivity (Wildman–Crippen MR) is 61.2 cm³/mol. The van der Waals surface area contributed by atoms with Crippen LogP contribution in [0.4, 0.5) is 0 Å². The Hall–Kier alpha value is -0.120. The van der Waals surface area contributed by atoms with Crippen molar-refractivity contribution in [3.05, 3.63) is 0 Å². The molecule has 1 saturated heterocycles. The van der Waals surface area contributed by atoms with Crippen LogP contribution in [0.3, 0.4) is 0 Å². The monoisotopic (exact) mass is 199 g/mol. The summed E-state index contributed by atoms with van der Waals surface area (Å²) in [6.45, 7) is 14.9. The molecule has 0 unspecified atom stereocenters. The van der Waals surface area contributed by atoms with E-state index in [0.717, 1.165) is 13.1 Å². The van der Waals surface area contributed by atoms with Crippen LogP contribution >= 0.6 is 0 Å². The van der Waals surface area contributed by atoms with Crippen LogP contribution < -0.4 is 5.43 Å². The Labute approximate surface area is 88.4 Å². The molecule has 84 valence electrons. The Kier molecular flexibility index (Phi) is 4.35. The van der Waals surface area contributed by atoms with Crippen molar-refractivity contribution in [3.8, 4) is 0 Å². The number of nitrogens with zero attached hydrogens (tertiary/aromatic N) is 2. The van der Waals surface area contributed by atoms with Crippen molar-refractivity contribution < 1.29 is 0 Å². The zero-order chi connectivity index (χ0) is 10.6. The fraction of sp³-hybridized carbons (Fsp3) is 1.00. The molecular weight excluding hydrogens is 174 g/mol. The maximum Gasteiger partial charge on any atom is 0.0259 e. The quantitative estimate of drug-likeness (QED) is 0.739. The van der Waals surface area contributed by atoms with E-state index in [1.54, 1.807) is 0 Å². The summed E-state index contributed by atoms with van der Waals surface area (Å²) in [5, 5.41) is 2.35. The summed E-state index contributed by atoms with van der Waals surface area (Å²) >= 11 is 0. The van der Waals surface area contributed by atoms with Gasteiger partial charge in [0.2, 0.25) is 0 Å². The van der Waals surface area contributed by atoms with Gasteiger partial charge < -0.3 is 4.90 Å². The lowest BCUT2D eigenvalue weighted by atomic mass is 10.1. The third-order valence-corrected chi connectivity index (χ3v) is 2.41. The number of hydrogen-bond acceptors (Lipinski definition) is 3. The van der Waals surface area contributed by atoms with Crippen molar-refractivity contribution >= 4 is 0 Å². The average Bonchev–Trinajstić information content (AvgIpc) is 2.06. The Bertz CT molecular complexity index is 154. The van der Waals surface area contributed by atoms with Gasteiger partial charge in [-0.2, -0.15) is 0 Å². The molecule has 1 aliphatic heterocycles. The van der Waals surface area contributed by atoms with E-state index < -0.39 is 0 Å². The summed E-state index contributed by atoms with van der Waals surface area (Å²) in [7, 11) is 0. The second-order valence-corrected chi connectivity index (χ2v) is 5.19. The van der Waals surface area contributed by atoms with Gasteiger partial charge in [-0.05, 0) is 33.7 Å². The molecule has 0 bridgehead atoms. The average molecular weight is 199 g/mol. The first kappa shape index (κ1) is 12.0. The van der Waals surface area contributed by atoms with Gasteiger partial charge in [0.15, 0.2) is 0 Å². The third-order valence-electron chi connectivity index (χ3n) is 2.41. The standard InChI is InChI=1S/C11H25N3/c1-5-6-13-7-9-14(10-8-13)12-11(2,3)4/h12H,5-10H2,1-4H3. The van der Waals surface area contributed by atoms with Gasteiger partial charge in [0.25, 0.3) is 0 Å². The highest BCUT2D eigenvalue weighted by molar-refractivity contribution is 4.74. The fourth-order valence-electron chi connectivity index (χ4n) is 1.87. The zero-order valence-corrected chi connectivity index (χ0v) is 10.1. The van der Waals surface area contributed by atoms with Crippen LogP contribution in [0.15, 0.2) is 0 Å². The van der Waals surface area contributed by atoms with Gasteiger partial charge in [-0.1, -0.05) is 6.92 Å². The van der Waals surface area contributed by atoms with Crippen molar-refractivity contribution in [3.63, 3.8) is 0 Å². The molecule has 0 atom stereocenters. The van der Waals surface area contributed by atoms with Crippen LogP contribution in [0.1, 0.15) is 34.1 Å². The van der Waals surface area contributed by atoms with E-state index in [1.165, 1.54) is 26.1 Å². The van der Waals surface area contributed by atoms with Gasteiger partial charge in [-0.25, -0.2) is 10.4 Å². The SMILES string of the molecule is CCCN1CCN(NC(C)(C)C)CC1. The summed E-state index contributed by atoms with van der Waals surface area (Å²) < 4.78 is 0. The lowest BCUT2D eigenvalue weighted by Crippen LogP contribution is -2.56. The molecule has 3 nitrogen and oxygen atoms in total. The molecule has 1 N–H and O–H groups in total. The third kappa shape index (κ3) is 4.40. The van der Waals surface area contributed by atoms with E-state index in [0.29, 0.717) is 0 Å². The molecule has 0 aromatic heterocycles. The number of piperazine rings is 1. The first-order chi connectivity index (χ1) is 6.51. The van der Waals surface area contributed by atoms with E-state index in [1.807, 2.05) is 0 Å². The fourth-order valence-corrected chi connectivity index (χ4v) is 1.87. The molecule has 0 saturated carbocycles. The Morgan fingerprint density at radius 2 is 1.64 bits per heavy atom. The molecule has 1 aliphatic rings. The van der Waals surface area contributed by atoms with E-state index in [4.69, 9.17) is 0 Å². The molecule has 0 aliphatic carbocycles. The molecule has 14 heavy (non-hydrogen) atoms. The molecule has 0 radical (unpaired) electrons. The molecule has 1 fully saturated rings. The maximum atomic E-state index is 3.53. The van der Waals surface area contributed by atoms with Gasteiger partial charge in [0.05, 0.1) is 0 Å². The van der Waals surface area contributed by atoms with Crippen LogP contribution in [-0.4, -0.2) is 48.2 Å². The molecule has 0 amide bonds. The number of hydrazine groups is 1. The summed E-state index contributed by atoms with van der Waals surface area (Å²) in [5.41, 5.74) is 3.73. The second kappa shape index (κ2) is 5.10. The molecular formula is C11H25N3. The normalized spacial score (nSPS) is 21.4. The molecule has 1 heterocycles. The van der Waals surface area contributed by atoms with Gasteiger partial charge in [-0.3, -0.25) is 0 Å². The number of nitrogens with one attached hydrogen (secondary N) is 1. The van der Waals surface area contributed by atoms with Gasteiger partial charge in [-0.15, -0.1) is 0 Å². The number of rotatable bonds is 3. The minimum atomic E-state index is 0.201. The van der Waals surface area contributed by atoms with E-state index in [-0.39, 0.29) is 5.54 Å². The van der Waals surface area contributed by atoms with Crippen LogP contribution in [0.5, 0.6) is 0 Å². The predicted octanol–water partition coefficient (Wildman–Crippen LogP) is 1.32. The van der Waals surface area contributed by atoms with E-state index in [2.05, 4.69) is 43.0 Å². The highest BCUT2D eigenvalue weighted by Gasteiger charge is 2.19. The van der Waals surface area contributed by atoms with E-state index in [9.17, 15) is 0 Å². The second-order valence-electron chi connectivity index (χ2n) is 5.19. The summed E-state index contributed by atoms with van der Waals surface area (Å²) in [4.78, 5) is 2.54. The Balaban J connectivity index is 2.22. The van der Waals surface area contributed by atoms with E-state index >= 15 is 0 Å².